The lowest BCUT2D eigenvalue weighted by atomic mass is 10.0. The lowest BCUT2D eigenvalue weighted by molar-refractivity contribution is -0.113. The van der Waals surface area contributed by atoms with Gasteiger partial charge in [0, 0.05) is 38.6 Å². The van der Waals surface area contributed by atoms with Crippen LogP contribution in [0, 0.1) is 0 Å². The summed E-state index contributed by atoms with van der Waals surface area (Å²) in [5, 5.41) is 3.13. The van der Waals surface area contributed by atoms with Gasteiger partial charge in [-0.15, -0.1) is 0 Å². The van der Waals surface area contributed by atoms with E-state index in [0.29, 0.717) is 6.04 Å². The summed E-state index contributed by atoms with van der Waals surface area (Å²) in [6.07, 6.45) is 3.02. The van der Waals surface area contributed by atoms with Crippen LogP contribution in [0.2, 0.25) is 0 Å². The van der Waals surface area contributed by atoms with Gasteiger partial charge in [0.05, 0.1) is 12.6 Å². The van der Waals surface area contributed by atoms with Crippen LogP contribution < -0.4 is 10.1 Å². The van der Waals surface area contributed by atoms with Crippen LogP contribution in [0.15, 0.2) is 18.2 Å². The van der Waals surface area contributed by atoms with Crippen LogP contribution in [0.25, 0.3) is 0 Å². The zero-order chi connectivity index (χ0) is 16.9. The zero-order valence-corrected chi connectivity index (χ0v) is 14.8. The van der Waals surface area contributed by atoms with Crippen molar-refractivity contribution in [1.29, 1.82) is 0 Å². The van der Waals surface area contributed by atoms with E-state index in [4.69, 9.17) is 4.74 Å². The summed E-state index contributed by atoms with van der Waals surface area (Å²) in [6, 6.07) is 7.09. The van der Waals surface area contributed by atoms with E-state index in [1.54, 1.807) is 0 Å². The normalized spacial score (nSPS) is 21.1. The number of carbonyl (C=O) groups is 1. The van der Waals surface area contributed by atoms with Crippen LogP contribution in [0.4, 0.5) is 0 Å². The minimum atomic E-state index is 0.0447. The van der Waals surface area contributed by atoms with Gasteiger partial charge in [-0.2, -0.15) is 0 Å². The SMILES string of the molecule is CNCCC(C=O)N1CCN(C(C)c2ccc3c(c2)OCC3)CC1. The first-order valence-corrected chi connectivity index (χ1v) is 9.06. The highest BCUT2D eigenvalue weighted by molar-refractivity contribution is 5.57. The molecule has 0 bridgehead atoms. The van der Waals surface area contributed by atoms with Crippen LogP contribution in [-0.2, 0) is 11.2 Å². The first-order valence-electron chi connectivity index (χ1n) is 9.06. The number of rotatable bonds is 7. The molecule has 2 heterocycles. The summed E-state index contributed by atoms with van der Waals surface area (Å²) in [6.45, 7) is 7.88. The second-order valence-electron chi connectivity index (χ2n) is 6.81. The Kier molecular flexibility index (Phi) is 5.87. The highest BCUT2D eigenvalue weighted by Crippen LogP contribution is 2.31. The van der Waals surface area contributed by atoms with E-state index < -0.39 is 0 Å². The molecule has 1 aromatic carbocycles. The Balaban J connectivity index is 1.57. The summed E-state index contributed by atoms with van der Waals surface area (Å²) in [4.78, 5) is 16.2. The topological polar surface area (TPSA) is 44.8 Å². The molecule has 3 rings (SSSR count). The van der Waals surface area contributed by atoms with Crippen molar-refractivity contribution in [3.8, 4) is 5.75 Å². The highest BCUT2D eigenvalue weighted by atomic mass is 16.5. The number of benzene rings is 1. The smallest absolute Gasteiger partial charge is 0.137 e. The maximum absolute atomic E-state index is 11.4. The monoisotopic (exact) mass is 331 g/mol. The second-order valence-corrected chi connectivity index (χ2v) is 6.81. The average Bonchev–Trinajstić information content (AvgIpc) is 3.10. The number of nitrogens with zero attached hydrogens (tertiary/aromatic N) is 2. The van der Waals surface area contributed by atoms with E-state index in [0.717, 1.165) is 64.2 Å². The van der Waals surface area contributed by atoms with E-state index in [1.165, 1.54) is 11.1 Å². The molecule has 0 radical (unpaired) electrons. The minimum absolute atomic E-state index is 0.0447. The van der Waals surface area contributed by atoms with Crippen molar-refractivity contribution in [3.05, 3.63) is 29.3 Å². The molecule has 1 saturated heterocycles. The molecule has 132 valence electrons. The molecule has 2 unspecified atom stereocenters. The summed E-state index contributed by atoms with van der Waals surface area (Å²) in [5.41, 5.74) is 2.65. The molecule has 2 aliphatic rings. The Morgan fingerprint density at radius 3 is 2.71 bits per heavy atom. The summed E-state index contributed by atoms with van der Waals surface area (Å²) >= 11 is 0. The fourth-order valence-electron chi connectivity index (χ4n) is 3.74. The molecule has 0 spiro atoms. The molecule has 1 aromatic rings. The molecule has 5 heteroatoms. The van der Waals surface area contributed by atoms with Gasteiger partial charge in [-0.1, -0.05) is 12.1 Å². The van der Waals surface area contributed by atoms with Gasteiger partial charge < -0.3 is 14.8 Å². The van der Waals surface area contributed by atoms with Crippen LogP contribution in [0.5, 0.6) is 5.75 Å². The molecule has 0 aromatic heterocycles. The van der Waals surface area contributed by atoms with Crippen molar-refractivity contribution >= 4 is 6.29 Å². The van der Waals surface area contributed by atoms with E-state index in [-0.39, 0.29) is 6.04 Å². The number of piperazine rings is 1. The van der Waals surface area contributed by atoms with E-state index in [1.807, 2.05) is 7.05 Å². The Morgan fingerprint density at radius 2 is 2.00 bits per heavy atom. The molecule has 1 N–H and O–H groups in total. The Bertz CT molecular complexity index is 556. The predicted octanol–water partition coefficient (Wildman–Crippen LogP) is 1.48. The van der Waals surface area contributed by atoms with Crippen LogP contribution in [0.3, 0.4) is 0 Å². The number of aldehydes is 1. The van der Waals surface area contributed by atoms with Crippen molar-refractivity contribution in [1.82, 2.24) is 15.1 Å². The maximum atomic E-state index is 11.4. The first-order chi connectivity index (χ1) is 11.7. The van der Waals surface area contributed by atoms with Crippen molar-refractivity contribution in [2.45, 2.75) is 31.8 Å². The van der Waals surface area contributed by atoms with Crippen LogP contribution in [0.1, 0.15) is 30.5 Å². The Morgan fingerprint density at radius 1 is 1.25 bits per heavy atom. The van der Waals surface area contributed by atoms with E-state index >= 15 is 0 Å². The molecule has 1 fully saturated rings. The average molecular weight is 331 g/mol. The molecule has 0 aliphatic carbocycles. The molecular formula is C19H29N3O2. The minimum Gasteiger partial charge on any atom is -0.493 e. The van der Waals surface area contributed by atoms with Gasteiger partial charge in [0.1, 0.15) is 12.0 Å². The van der Waals surface area contributed by atoms with Crippen molar-refractivity contribution in [2.24, 2.45) is 0 Å². The number of fused-ring (bicyclic) bond motifs is 1. The fourth-order valence-corrected chi connectivity index (χ4v) is 3.74. The van der Waals surface area contributed by atoms with Crippen molar-refractivity contribution in [2.75, 3.05) is 46.4 Å². The largest absolute Gasteiger partial charge is 0.493 e. The molecule has 0 saturated carbocycles. The van der Waals surface area contributed by atoms with E-state index in [2.05, 4.69) is 40.2 Å². The first kappa shape index (κ1) is 17.4. The molecule has 2 aliphatic heterocycles. The third-order valence-electron chi connectivity index (χ3n) is 5.42. The predicted molar refractivity (Wildman–Crippen MR) is 95.6 cm³/mol. The van der Waals surface area contributed by atoms with Gasteiger partial charge in [0.15, 0.2) is 0 Å². The summed E-state index contributed by atoms with van der Waals surface area (Å²) < 4.78 is 5.71. The van der Waals surface area contributed by atoms with E-state index in [9.17, 15) is 4.79 Å². The van der Waals surface area contributed by atoms with Crippen LogP contribution in [-0.4, -0.2) is 68.5 Å². The van der Waals surface area contributed by atoms with Crippen molar-refractivity contribution in [3.63, 3.8) is 0 Å². The van der Waals surface area contributed by atoms with Gasteiger partial charge in [0.25, 0.3) is 0 Å². The summed E-state index contributed by atoms with van der Waals surface area (Å²) in [7, 11) is 1.93. The zero-order valence-electron chi connectivity index (χ0n) is 14.8. The standard InChI is InChI=1S/C19H29N3O2/c1-15(17-4-3-16-6-12-24-19(16)13-17)21-8-10-22(11-9-21)18(14-23)5-7-20-2/h3-4,13-15,18,20H,5-12H2,1-2H3. The Hall–Kier alpha value is -1.43. The fraction of sp³-hybridized carbons (Fsp3) is 0.632. The molecule has 24 heavy (non-hydrogen) atoms. The van der Waals surface area contributed by atoms with Gasteiger partial charge in [-0.25, -0.2) is 0 Å². The van der Waals surface area contributed by atoms with Gasteiger partial charge >= 0.3 is 0 Å². The van der Waals surface area contributed by atoms with Gasteiger partial charge in [-0.3, -0.25) is 9.80 Å². The molecule has 5 nitrogen and oxygen atoms in total. The van der Waals surface area contributed by atoms with Gasteiger partial charge in [0.2, 0.25) is 0 Å². The van der Waals surface area contributed by atoms with Gasteiger partial charge in [-0.05, 0) is 44.1 Å². The number of carbonyl (C=O) groups excluding carboxylic acids is 1. The third kappa shape index (κ3) is 3.79. The quantitative estimate of drug-likeness (QED) is 0.767. The highest BCUT2D eigenvalue weighted by Gasteiger charge is 2.26. The van der Waals surface area contributed by atoms with Crippen molar-refractivity contribution < 1.29 is 9.53 Å². The van der Waals surface area contributed by atoms with Crippen LogP contribution >= 0.6 is 0 Å². The molecule has 0 amide bonds. The summed E-state index contributed by atoms with van der Waals surface area (Å²) in [5.74, 6) is 1.06. The number of hydrogen-bond acceptors (Lipinski definition) is 5. The molecule has 2 atom stereocenters. The maximum Gasteiger partial charge on any atom is 0.137 e. The lowest BCUT2D eigenvalue weighted by Crippen LogP contribution is -2.51. The number of nitrogens with one attached hydrogen (secondary N) is 1. The lowest BCUT2D eigenvalue weighted by Gasteiger charge is -2.40. The third-order valence-corrected chi connectivity index (χ3v) is 5.42. The number of ether oxygens (including phenoxy) is 1. The number of hydrogen-bond donors (Lipinski definition) is 1. The second kappa shape index (κ2) is 8.10. The molecular weight excluding hydrogens is 302 g/mol. The Labute approximate surface area is 145 Å².